The molecule has 1 aromatic heterocycles. The molecule has 6 nitrogen and oxygen atoms in total. The largest absolute Gasteiger partial charge is 0.381 e. The predicted molar refractivity (Wildman–Crippen MR) is 84.6 cm³/mol. The fourth-order valence-corrected chi connectivity index (χ4v) is 3.56. The highest BCUT2D eigenvalue weighted by atomic mass is 16.5. The Kier molecular flexibility index (Phi) is 4.78. The van der Waals surface area contributed by atoms with E-state index in [0.717, 1.165) is 5.69 Å². The fraction of sp³-hybridized carbons (Fsp3) is 0.750. The molecule has 0 unspecified atom stereocenters. The van der Waals surface area contributed by atoms with Crippen LogP contribution in [0.5, 0.6) is 0 Å². The number of nitrogens with zero attached hydrogens (tertiary/aromatic N) is 1. The lowest BCUT2D eigenvalue weighted by atomic mass is 9.79. The van der Waals surface area contributed by atoms with Crippen molar-refractivity contribution >= 4 is 11.7 Å². The van der Waals surface area contributed by atoms with Crippen LogP contribution in [0.2, 0.25) is 0 Å². The zero-order chi connectivity index (χ0) is 15.4. The summed E-state index contributed by atoms with van der Waals surface area (Å²) in [6.45, 7) is 1.54. The summed E-state index contributed by atoms with van der Waals surface area (Å²) in [6, 6.07) is 1.98. The molecule has 0 aromatic carbocycles. The third-order valence-corrected chi connectivity index (χ3v) is 5.21. The van der Waals surface area contributed by atoms with E-state index >= 15 is 0 Å². The van der Waals surface area contributed by atoms with E-state index in [1.807, 2.05) is 6.07 Å². The number of carbonyl (C=O) groups is 1. The van der Waals surface area contributed by atoms with Gasteiger partial charge in [-0.1, -0.05) is 19.3 Å². The molecule has 0 spiro atoms. The van der Waals surface area contributed by atoms with Crippen molar-refractivity contribution in [3.05, 3.63) is 11.8 Å². The predicted octanol–water partition coefficient (Wildman–Crippen LogP) is 2.15. The van der Waals surface area contributed by atoms with E-state index in [0.29, 0.717) is 44.3 Å². The van der Waals surface area contributed by atoms with Gasteiger partial charge in [-0.15, -0.1) is 0 Å². The second-order valence-corrected chi connectivity index (χ2v) is 6.59. The van der Waals surface area contributed by atoms with Gasteiger partial charge in [0.15, 0.2) is 5.82 Å². The van der Waals surface area contributed by atoms with Crippen molar-refractivity contribution in [2.24, 2.45) is 11.1 Å². The van der Waals surface area contributed by atoms with Gasteiger partial charge in [0, 0.05) is 37.4 Å². The molecule has 1 aliphatic carbocycles. The number of ether oxygens (including phenoxy) is 1. The van der Waals surface area contributed by atoms with Crippen molar-refractivity contribution in [1.82, 2.24) is 10.2 Å². The van der Waals surface area contributed by atoms with E-state index in [1.54, 1.807) is 0 Å². The van der Waals surface area contributed by atoms with Crippen LogP contribution >= 0.6 is 0 Å². The number of hydrogen-bond donors (Lipinski definition) is 3. The number of hydrogen-bond acceptors (Lipinski definition) is 4. The summed E-state index contributed by atoms with van der Waals surface area (Å²) < 4.78 is 5.35. The van der Waals surface area contributed by atoms with Crippen molar-refractivity contribution in [1.29, 1.82) is 0 Å². The maximum Gasteiger partial charge on any atom is 0.233 e. The van der Waals surface area contributed by atoms with Crippen molar-refractivity contribution in [3.63, 3.8) is 0 Å². The highest BCUT2D eigenvalue weighted by Crippen LogP contribution is 2.33. The lowest BCUT2D eigenvalue weighted by Crippen LogP contribution is -2.46. The van der Waals surface area contributed by atoms with Gasteiger partial charge < -0.3 is 15.8 Å². The number of aromatic amines is 1. The molecule has 4 N–H and O–H groups in total. The third kappa shape index (κ3) is 3.17. The minimum atomic E-state index is -0.512. The van der Waals surface area contributed by atoms with Crippen molar-refractivity contribution in [2.75, 3.05) is 25.1 Å². The summed E-state index contributed by atoms with van der Waals surface area (Å²) in [5.41, 5.74) is 6.50. The molecule has 0 radical (unpaired) electrons. The first-order valence-electron chi connectivity index (χ1n) is 8.38. The first-order valence-corrected chi connectivity index (χ1v) is 8.38. The quantitative estimate of drug-likeness (QED) is 0.794. The molecule has 0 atom stereocenters. The summed E-state index contributed by atoms with van der Waals surface area (Å²) in [7, 11) is 0. The molecule has 1 aromatic rings. The van der Waals surface area contributed by atoms with E-state index < -0.39 is 5.41 Å². The lowest BCUT2D eigenvalue weighted by Gasteiger charge is -2.34. The van der Waals surface area contributed by atoms with E-state index in [2.05, 4.69) is 15.5 Å². The van der Waals surface area contributed by atoms with Gasteiger partial charge in [0.2, 0.25) is 5.91 Å². The maximum atomic E-state index is 12.6. The third-order valence-electron chi connectivity index (χ3n) is 5.21. The number of rotatable bonds is 4. The van der Waals surface area contributed by atoms with Crippen LogP contribution in [-0.2, 0) is 9.53 Å². The smallest absolute Gasteiger partial charge is 0.233 e. The normalized spacial score (nSPS) is 22.4. The molecule has 2 heterocycles. The molecule has 1 amide bonds. The number of aromatic nitrogens is 2. The van der Waals surface area contributed by atoms with Crippen molar-refractivity contribution in [3.8, 4) is 0 Å². The molecule has 1 saturated carbocycles. The zero-order valence-corrected chi connectivity index (χ0v) is 13.1. The molecule has 2 fully saturated rings. The van der Waals surface area contributed by atoms with E-state index in [-0.39, 0.29) is 5.91 Å². The molecule has 122 valence electrons. The topological polar surface area (TPSA) is 93.0 Å². The second kappa shape index (κ2) is 6.79. The summed E-state index contributed by atoms with van der Waals surface area (Å²) in [6.07, 6.45) is 7.66. The Morgan fingerprint density at radius 2 is 2.09 bits per heavy atom. The summed E-state index contributed by atoms with van der Waals surface area (Å²) >= 11 is 0. The van der Waals surface area contributed by atoms with Gasteiger partial charge in [-0.05, 0) is 25.7 Å². The SMILES string of the molecule is NCC1(C(=O)Nc2cc(C3CCCCC3)[nH]n2)CCOCC1. The molecule has 0 bridgehead atoms. The van der Waals surface area contributed by atoms with Crippen LogP contribution in [0.25, 0.3) is 0 Å². The summed E-state index contributed by atoms with van der Waals surface area (Å²) in [5, 5.41) is 10.3. The van der Waals surface area contributed by atoms with Crippen LogP contribution in [0.15, 0.2) is 6.07 Å². The van der Waals surface area contributed by atoms with E-state index in [1.165, 1.54) is 32.1 Å². The number of amides is 1. The molecular formula is C16H26N4O2. The first-order chi connectivity index (χ1) is 10.7. The van der Waals surface area contributed by atoms with Crippen LogP contribution < -0.4 is 11.1 Å². The number of nitrogens with two attached hydrogens (primary N) is 1. The van der Waals surface area contributed by atoms with Gasteiger partial charge in [0.25, 0.3) is 0 Å². The van der Waals surface area contributed by atoms with Gasteiger partial charge in [-0.2, -0.15) is 5.10 Å². The Hall–Kier alpha value is -1.40. The van der Waals surface area contributed by atoms with Crippen LogP contribution in [-0.4, -0.2) is 35.9 Å². The first kappa shape index (κ1) is 15.5. The summed E-state index contributed by atoms with van der Waals surface area (Å²) in [5.74, 6) is 1.14. The van der Waals surface area contributed by atoms with E-state index in [4.69, 9.17) is 10.5 Å². The molecule has 6 heteroatoms. The number of anilines is 1. The number of carbonyl (C=O) groups excluding carboxylic acids is 1. The average molecular weight is 306 g/mol. The second-order valence-electron chi connectivity index (χ2n) is 6.59. The van der Waals surface area contributed by atoms with Gasteiger partial charge in [0.05, 0.1) is 5.41 Å². The van der Waals surface area contributed by atoms with Crippen LogP contribution in [0, 0.1) is 5.41 Å². The lowest BCUT2D eigenvalue weighted by molar-refractivity contribution is -0.130. The Labute approximate surface area is 131 Å². The van der Waals surface area contributed by atoms with E-state index in [9.17, 15) is 4.79 Å². The van der Waals surface area contributed by atoms with Gasteiger partial charge in [0.1, 0.15) is 0 Å². The Bertz CT molecular complexity index is 502. The summed E-state index contributed by atoms with van der Waals surface area (Å²) in [4.78, 5) is 12.6. The highest BCUT2D eigenvalue weighted by Gasteiger charge is 2.39. The monoisotopic (exact) mass is 306 g/mol. The van der Waals surface area contributed by atoms with Crippen LogP contribution in [0.4, 0.5) is 5.82 Å². The molecule has 3 rings (SSSR count). The maximum absolute atomic E-state index is 12.6. The molecule has 22 heavy (non-hydrogen) atoms. The Morgan fingerprint density at radius 3 is 2.77 bits per heavy atom. The van der Waals surface area contributed by atoms with Gasteiger partial charge in [-0.25, -0.2) is 0 Å². The van der Waals surface area contributed by atoms with Crippen LogP contribution in [0.1, 0.15) is 56.6 Å². The molecular weight excluding hydrogens is 280 g/mol. The highest BCUT2D eigenvalue weighted by molar-refractivity contribution is 5.94. The number of H-pyrrole nitrogens is 1. The minimum Gasteiger partial charge on any atom is -0.381 e. The zero-order valence-electron chi connectivity index (χ0n) is 13.1. The minimum absolute atomic E-state index is 0.0278. The fourth-order valence-electron chi connectivity index (χ4n) is 3.56. The Balaban J connectivity index is 1.65. The standard InChI is InChI=1S/C16H26N4O2/c17-11-16(6-8-22-9-7-16)15(21)18-14-10-13(19-20-14)12-4-2-1-3-5-12/h10,12H,1-9,11,17H2,(H2,18,19,20,21). The van der Waals surface area contributed by atoms with Crippen molar-refractivity contribution < 1.29 is 9.53 Å². The molecule has 2 aliphatic rings. The van der Waals surface area contributed by atoms with Crippen LogP contribution in [0.3, 0.4) is 0 Å². The number of nitrogens with one attached hydrogen (secondary N) is 2. The molecule has 1 saturated heterocycles. The molecule has 1 aliphatic heterocycles. The Morgan fingerprint density at radius 1 is 1.36 bits per heavy atom. The van der Waals surface area contributed by atoms with Crippen molar-refractivity contribution in [2.45, 2.75) is 50.9 Å². The average Bonchev–Trinajstić information content (AvgIpc) is 3.05. The van der Waals surface area contributed by atoms with Gasteiger partial charge in [-0.3, -0.25) is 9.89 Å². The van der Waals surface area contributed by atoms with Gasteiger partial charge >= 0.3 is 0 Å².